The largest absolute Gasteiger partial charge is 0.497 e. The Morgan fingerprint density at radius 2 is 2.05 bits per heavy atom. The summed E-state index contributed by atoms with van der Waals surface area (Å²) in [5, 5.41) is 6.86. The molecule has 1 aromatic carbocycles. The third kappa shape index (κ3) is 4.51. The van der Waals surface area contributed by atoms with E-state index < -0.39 is 0 Å². The summed E-state index contributed by atoms with van der Waals surface area (Å²) in [6, 6.07) is 11.8. The molecule has 0 radical (unpaired) electrons. The molecule has 2 rings (SSSR count). The number of ether oxygens (including phenoxy) is 1. The van der Waals surface area contributed by atoms with Gasteiger partial charge >= 0.3 is 0 Å². The predicted octanol–water partition coefficient (Wildman–Crippen LogP) is 2.62. The summed E-state index contributed by atoms with van der Waals surface area (Å²) >= 11 is 5.22. The molecular weight excluding hydrogens is 270 g/mol. The van der Waals surface area contributed by atoms with E-state index in [-0.39, 0.29) is 0 Å². The molecule has 0 amide bonds. The van der Waals surface area contributed by atoms with Crippen molar-refractivity contribution >= 4 is 23.0 Å². The quantitative estimate of drug-likeness (QED) is 0.828. The summed E-state index contributed by atoms with van der Waals surface area (Å²) in [7, 11) is 1.67. The smallest absolute Gasteiger partial charge is 0.170 e. The molecular formula is C15H17N3OS. The second-order valence-electron chi connectivity index (χ2n) is 4.22. The minimum Gasteiger partial charge on any atom is -0.497 e. The van der Waals surface area contributed by atoms with Crippen LogP contribution >= 0.6 is 12.2 Å². The summed E-state index contributed by atoms with van der Waals surface area (Å²) in [5.41, 5.74) is 2.12. The highest BCUT2D eigenvalue weighted by atomic mass is 32.1. The number of rotatable bonds is 5. The molecule has 0 spiro atoms. The highest BCUT2D eigenvalue weighted by Crippen LogP contribution is 2.11. The molecule has 0 fully saturated rings. The number of nitrogens with one attached hydrogen (secondary N) is 2. The molecule has 0 aliphatic heterocycles. The zero-order valence-electron chi connectivity index (χ0n) is 11.3. The average Bonchev–Trinajstić information content (AvgIpc) is 2.49. The van der Waals surface area contributed by atoms with Gasteiger partial charge in [0.1, 0.15) is 5.75 Å². The molecule has 1 heterocycles. The van der Waals surface area contributed by atoms with Gasteiger partial charge in [0.25, 0.3) is 0 Å². The van der Waals surface area contributed by atoms with Crippen molar-refractivity contribution in [2.75, 3.05) is 19.0 Å². The van der Waals surface area contributed by atoms with Gasteiger partial charge in [-0.05, 0) is 48.5 Å². The first-order valence-corrected chi connectivity index (χ1v) is 6.76. The molecule has 0 aliphatic rings. The van der Waals surface area contributed by atoms with Crippen LogP contribution in [0, 0.1) is 0 Å². The Hall–Kier alpha value is -2.14. The molecule has 0 bridgehead atoms. The van der Waals surface area contributed by atoms with Crippen molar-refractivity contribution in [1.82, 2.24) is 10.3 Å². The molecule has 20 heavy (non-hydrogen) atoms. The number of nitrogens with zero attached hydrogens (tertiary/aromatic N) is 1. The minimum atomic E-state index is 0.603. The van der Waals surface area contributed by atoms with E-state index >= 15 is 0 Å². The van der Waals surface area contributed by atoms with Crippen molar-refractivity contribution in [3.63, 3.8) is 0 Å². The van der Waals surface area contributed by atoms with Gasteiger partial charge in [-0.1, -0.05) is 12.1 Å². The van der Waals surface area contributed by atoms with Crippen molar-refractivity contribution in [3.05, 3.63) is 54.4 Å². The molecule has 0 saturated carbocycles. The van der Waals surface area contributed by atoms with E-state index in [2.05, 4.69) is 27.8 Å². The fourth-order valence-corrected chi connectivity index (χ4v) is 1.94. The van der Waals surface area contributed by atoms with Gasteiger partial charge in [-0.25, -0.2) is 0 Å². The third-order valence-electron chi connectivity index (χ3n) is 2.78. The average molecular weight is 287 g/mol. The first kappa shape index (κ1) is 14.3. The molecule has 5 heteroatoms. The van der Waals surface area contributed by atoms with Gasteiger partial charge in [-0.3, -0.25) is 4.98 Å². The third-order valence-corrected chi connectivity index (χ3v) is 3.02. The fraction of sp³-hybridized carbons (Fsp3) is 0.200. The lowest BCUT2D eigenvalue weighted by Gasteiger charge is -2.10. The second-order valence-corrected chi connectivity index (χ2v) is 4.63. The topological polar surface area (TPSA) is 46.2 Å². The Labute approximate surface area is 124 Å². The van der Waals surface area contributed by atoms with Crippen LogP contribution in [0.1, 0.15) is 5.56 Å². The van der Waals surface area contributed by atoms with Crippen LogP contribution in [-0.2, 0) is 6.42 Å². The lowest BCUT2D eigenvalue weighted by Crippen LogP contribution is -2.30. The molecule has 2 aromatic rings. The van der Waals surface area contributed by atoms with Crippen LogP contribution in [0.4, 0.5) is 5.69 Å². The maximum atomic E-state index is 5.22. The maximum absolute atomic E-state index is 5.22. The van der Waals surface area contributed by atoms with Gasteiger partial charge in [0.15, 0.2) is 5.11 Å². The molecule has 0 unspecified atom stereocenters. The van der Waals surface area contributed by atoms with Crippen LogP contribution in [0.15, 0.2) is 48.8 Å². The van der Waals surface area contributed by atoms with Crippen LogP contribution < -0.4 is 15.4 Å². The molecule has 0 aliphatic carbocycles. The fourth-order valence-electron chi connectivity index (χ4n) is 1.72. The van der Waals surface area contributed by atoms with E-state index in [4.69, 9.17) is 17.0 Å². The Bertz CT molecular complexity index is 543. The first-order chi connectivity index (χ1) is 9.78. The number of anilines is 1. The van der Waals surface area contributed by atoms with Gasteiger partial charge < -0.3 is 15.4 Å². The Balaban J connectivity index is 1.73. The highest BCUT2D eigenvalue weighted by molar-refractivity contribution is 7.80. The Morgan fingerprint density at radius 3 is 2.70 bits per heavy atom. The molecule has 0 saturated heterocycles. The van der Waals surface area contributed by atoms with E-state index in [1.807, 2.05) is 24.3 Å². The van der Waals surface area contributed by atoms with Crippen LogP contribution in [0.3, 0.4) is 0 Å². The van der Waals surface area contributed by atoms with Gasteiger partial charge in [-0.15, -0.1) is 0 Å². The normalized spacial score (nSPS) is 9.85. The number of thiocarbonyl (C=S) groups is 1. The lowest BCUT2D eigenvalue weighted by atomic mass is 10.1. The zero-order chi connectivity index (χ0) is 14.2. The maximum Gasteiger partial charge on any atom is 0.170 e. The van der Waals surface area contributed by atoms with Crippen molar-refractivity contribution in [2.24, 2.45) is 0 Å². The van der Waals surface area contributed by atoms with Crippen LogP contribution in [-0.4, -0.2) is 23.8 Å². The van der Waals surface area contributed by atoms with E-state index in [9.17, 15) is 0 Å². The van der Waals surface area contributed by atoms with Gasteiger partial charge in [-0.2, -0.15) is 0 Å². The highest BCUT2D eigenvalue weighted by Gasteiger charge is 1.98. The van der Waals surface area contributed by atoms with Crippen molar-refractivity contribution in [1.29, 1.82) is 0 Å². The number of aromatic nitrogens is 1. The van der Waals surface area contributed by atoms with E-state index in [0.29, 0.717) is 5.11 Å². The summed E-state index contributed by atoms with van der Waals surface area (Å²) < 4.78 is 5.13. The Kier molecular flexibility index (Phi) is 5.32. The molecule has 0 atom stereocenters. The Morgan fingerprint density at radius 1 is 1.25 bits per heavy atom. The lowest BCUT2D eigenvalue weighted by molar-refractivity contribution is 0.414. The van der Waals surface area contributed by atoms with E-state index in [1.54, 1.807) is 19.5 Å². The monoisotopic (exact) mass is 287 g/mol. The number of hydrogen-bond donors (Lipinski definition) is 2. The number of methoxy groups -OCH3 is 1. The minimum absolute atomic E-state index is 0.603. The van der Waals surface area contributed by atoms with E-state index in [0.717, 1.165) is 24.4 Å². The van der Waals surface area contributed by atoms with Crippen LogP contribution in [0.5, 0.6) is 5.75 Å². The molecule has 104 valence electrons. The number of pyridine rings is 1. The summed E-state index contributed by atoms with van der Waals surface area (Å²) in [6.07, 6.45) is 4.36. The predicted molar refractivity (Wildman–Crippen MR) is 85.2 cm³/mol. The number of hydrogen-bond acceptors (Lipinski definition) is 3. The van der Waals surface area contributed by atoms with E-state index in [1.165, 1.54) is 5.56 Å². The summed E-state index contributed by atoms with van der Waals surface area (Å²) in [5.74, 6) is 0.871. The van der Waals surface area contributed by atoms with Crippen LogP contribution in [0.2, 0.25) is 0 Å². The zero-order valence-corrected chi connectivity index (χ0v) is 12.1. The van der Waals surface area contributed by atoms with Crippen molar-refractivity contribution < 1.29 is 4.74 Å². The molecule has 1 aromatic heterocycles. The first-order valence-electron chi connectivity index (χ1n) is 6.36. The van der Waals surface area contributed by atoms with Gasteiger partial charge in [0.2, 0.25) is 0 Å². The van der Waals surface area contributed by atoms with Crippen molar-refractivity contribution in [3.8, 4) is 5.75 Å². The van der Waals surface area contributed by atoms with Crippen molar-refractivity contribution in [2.45, 2.75) is 6.42 Å². The molecule has 4 nitrogen and oxygen atoms in total. The van der Waals surface area contributed by atoms with Gasteiger partial charge in [0.05, 0.1) is 19.0 Å². The molecule has 2 N–H and O–H groups in total. The standard InChI is InChI=1S/C15H17N3OS/c1-19-14-6-4-12(5-7-14)8-10-17-15(20)18-13-3-2-9-16-11-13/h2-7,9,11H,8,10H2,1H3,(H2,17,18,20). The SMILES string of the molecule is COc1ccc(CCNC(=S)Nc2cccnc2)cc1. The number of benzene rings is 1. The summed E-state index contributed by atoms with van der Waals surface area (Å²) in [4.78, 5) is 4.02. The summed E-state index contributed by atoms with van der Waals surface area (Å²) in [6.45, 7) is 0.776. The van der Waals surface area contributed by atoms with Crippen LogP contribution in [0.25, 0.3) is 0 Å². The second kappa shape index (κ2) is 7.45. The van der Waals surface area contributed by atoms with Gasteiger partial charge in [0, 0.05) is 12.7 Å².